The normalized spacial score (nSPS) is 15.6. The maximum Gasteiger partial charge on any atom is 0.352 e. The molecule has 1 rings (SSSR count). The lowest BCUT2D eigenvalue weighted by Gasteiger charge is -2.04. The number of amides is 1. The SMILES string of the molecule is O=C(O)CC/C=C(\NC(=O)C1CC1)C(=O)O. The Balaban J connectivity index is 2.48. The highest BCUT2D eigenvalue weighted by molar-refractivity contribution is 5.94. The molecule has 0 aromatic heterocycles. The molecule has 0 atom stereocenters. The van der Waals surface area contributed by atoms with Crippen molar-refractivity contribution < 1.29 is 24.6 Å². The Labute approximate surface area is 92.0 Å². The maximum atomic E-state index is 11.3. The number of carboxylic acid groups (broad SMARTS) is 2. The standard InChI is InChI=1S/C10H13NO5/c12-8(13)3-1-2-7(10(15)16)11-9(14)6-4-5-6/h2,6H,1,3-5H2,(H,11,14)(H,12,13)(H,15,16)/b7-2-. The molecule has 1 fully saturated rings. The van der Waals surface area contributed by atoms with Gasteiger partial charge in [-0.05, 0) is 19.3 Å². The summed E-state index contributed by atoms with van der Waals surface area (Å²) in [7, 11) is 0. The van der Waals surface area contributed by atoms with Crippen LogP contribution in [0.15, 0.2) is 11.8 Å². The van der Waals surface area contributed by atoms with Gasteiger partial charge in [0.1, 0.15) is 5.70 Å². The molecule has 1 amide bonds. The number of carbonyl (C=O) groups is 3. The van der Waals surface area contributed by atoms with Crippen LogP contribution < -0.4 is 5.32 Å². The molecule has 6 nitrogen and oxygen atoms in total. The third-order valence-electron chi connectivity index (χ3n) is 2.14. The molecule has 1 aliphatic carbocycles. The molecule has 16 heavy (non-hydrogen) atoms. The Morgan fingerprint density at radius 1 is 1.25 bits per heavy atom. The Kier molecular flexibility index (Phi) is 4.04. The van der Waals surface area contributed by atoms with Gasteiger partial charge >= 0.3 is 11.9 Å². The number of carbonyl (C=O) groups excluding carboxylic acids is 1. The molecule has 0 aliphatic heterocycles. The van der Waals surface area contributed by atoms with Gasteiger partial charge in [-0.3, -0.25) is 9.59 Å². The van der Waals surface area contributed by atoms with E-state index < -0.39 is 11.9 Å². The number of aliphatic carboxylic acids is 2. The molecule has 0 spiro atoms. The zero-order chi connectivity index (χ0) is 12.1. The number of hydrogen-bond acceptors (Lipinski definition) is 3. The molecular weight excluding hydrogens is 214 g/mol. The molecule has 0 radical (unpaired) electrons. The molecule has 0 heterocycles. The van der Waals surface area contributed by atoms with Crippen molar-refractivity contribution in [1.82, 2.24) is 5.32 Å². The van der Waals surface area contributed by atoms with Gasteiger partial charge in [-0.15, -0.1) is 0 Å². The van der Waals surface area contributed by atoms with E-state index in [2.05, 4.69) is 5.32 Å². The van der Waals surface area contributed by atoms with E-state index in [-0.39, 0.29) is 30.4 Å². The van der Waals surface area contributed by atoms with E-state index in [1.54, 1.807) is 0 Å². The van der Waals surface area contributed by atoms with Crippen LogP contribution in [-0.2, 0) is 14.4 Å². The van der Waals surface area contributed by atoms with Crippen molar-refractivity contribution in [3.8, 4) is 0 Å². The number of allylic oxidation sites excluding steroid dienone is 1. The summed E-state index contributed by atoms with van der Waals surface area (Å²) in [4.78, 5) is 32.2. The van der Waals surface area contributed by atoms with E-state index in [1.165, 1.54) is 6.08 Å². The lowest BCUT2D eigenvalue weighted by molar-refractivity contribution is -0.137. The van der Waals surface area contributed by atoms with Gasteiger partial charge in [0.2, 0.25) is 5.91 Å². The predicted molar refractivity (Wildman–Crippen MR) is 53.5 cm³/mol. The molecule has 1 saturated carbocycles. The summed E-state index contributed by atoms with van der Waals surface area (Å²) in [5, 5.41) is 19.4. The largest absolute Gasteiger partial charge is 0.481 e. The third kappa shape index (κ3) is 4.12. The topological polar surface area (TPSA) is 104 Å². The fraction of sp³-hybridized carbons (Fsp3) is 0.500. The van der Waals surface area contributed by atoms with Crippen LogP contribution in [-0.4, -0.2) is 28.1 Å². The summed E-state index contributed by atoms with van der Waals surface area (Å²) >= 11 is 0. The van der Waals surface area contributed by atoms with Crippen molar-refractivity contribution in [3.63, 3.8) is 0 Å². The average molecular weight is 227 g/mol. The zero-order valence-electron chi connectivity index (χ0n) is 8.60. The average Bonchev–Trinajstić information content (AvgIpc) is 2.98. The highest BCUT2D eigenvalue weighted by atomic mass is 16.4. The van der Waals surface area contributed by atoms with Gasteiger partial charge in [0.05, 0.1) is 0 Å². The first-order valence-corrected chi connectivity index (χ1v) is 4.97. The minimum Gasteiger partial charge on any atom is -0.481 e. The van der Waals surface area contributed by atoms with E-state index >= 15 is 0 Å². The number of rotatable bonds is 6. The summed E-state index contributed by atoms with van der Waals surface area (Å²) in [6.07, 6.45) is 2.72. The highest BCUT2D eigenvalue weighted by Crippen LogP contribution is 2.29. The van der Waals surface area contributed by atoms with Crippen molar-refractivity contribution >= 4 is 17.8 Å². The fourth-order valence-electron chi connectivity index (χ4n) is 1.11. The highest BCUT2D eigenvalue weighted by Gasteiger charge is 2.30. The monoisotopic (exact) mass is 227 g/mol. The lowest BCUT2D eigenvalue weighted by Crippen LogP contribution is -2.28. The van der Waals surface area contributed by atoms with E-state index in [1.807, 2.05) is 0 Å². The quantitative estimate of drug-likeness (QED) is 0.568. The van der Waals surface area contributed by atoms with Crippen molar-refractivity contribution in [1.29, 1.82) is 0 Å². The molecule has 6 heteroatoms. The summed E-state index contributed by atoms with van der Waals surface area (Å²) in [5.41, 5.74) is -0.238. The van der Waals surface area contributed by atoms with Crippen molar-refractivity contribution in [2.75, 3.05) is 0 Å². The summed E-state index contributed by atoms with van der Waals surface area (Å²) in [5.74, 6) is -2.64. The van der Waals surface area contributed by atoms with Gasteiger partial charge in [-0.1, -0.05) is 6.08 Å². The Morgan fingerprint density at radius 3 is 2.31 bits per heavy atom. The molecule has 0 bridgehead atoms. The minimum absolute atomic E-state index is 0.0813. The first-order chi connectivity index (χ1) is 7.50. The summed E-state index contributed by atoms with van der Waals surface area (Å²) in [6, 6.07) is 0. The van der Waals surface area contributed by atoms with Crippen molar-refractivity contribution in [3.05, 3.63) is 11.8 Å². The first kappa shape index (κ1) is 12.2. The van der Waals surface area contributed by atoms with Crippen LogP contribution >= 0.6 is 0 Å². The minimum atomic E-state index is -1.25. The molecule has 3 N–H and O–H groups in total. The second kappa shape index (κ2) is 5.29. The van der Waals surface area contributed by atoms with Crippen LogP contribution in [0.25, 0.3) is 0 Å². The Hall–Kier alpha value is -1.85. The fourth-order valence-corrected chi connectivity index (χ4v) is 1.11. The lowest BCUT2D eigenvalue weighted by atomic mass is 10.2. The number of carboxylic acids is 2. The van der Waals surface area contributed by atoms with E-state index in [0.29, 0.717) is 0 Å². The predicted octanol–water partition coefficient (Wildman–Crippen LogP) is 0.346. The Bertz CT molecular complexity index is 343. The molecule has 88 valence electrons. The van der Waals surface area contributed by atoms with Crippen LogP contribution in [0.1, 0.15) is 25.7 Å². The molecule has 0 saturated heterocycles. The second-order valence-corrected chi connectivity index (χ2v) is 3.62. The molecule has 1 aliphatic rings. The summed E-state index contributed by atoms with van der Waals surface area (Å²) in [6.45, 7) is 0. The molecule has 0 aromatic carbocycles. The van der Waals surface area contributed by atoms with Crippen molar-refractivity contribution in [2.45, 2.75) is 25.7 Å². The first-order valence-electron chi connectivity index (χ1n) is 4.97. The molecular formula is C10H13NO5. The van der Waals surface area contributed by atoms with Crippen molar-refractivity contribution in [2.24, 2.45) is 5.92 Å². The van der Waals surface area contributed by atoms with Gasteiger partial charge in [-0.2, -0.15) is 0 Å². The number of nitrogens with one attached hydrogen (secondary N) is 1. The second-order valence-electron chi connectivity index (χ2n) is 3.62. The van der Waals surface area contributed by atoms with E-state index in [4.69, 9.17) is 10.2 Å². The van der Waals surface area contributed by atoms with E-state index in [9.17, 15) is 14.4 Å². The molecule has 0 unspecified atom stereocenters. The summed E-state index contributed by atoms with van der Waals surface area (Å²) < 4.78 is 0. The van der Waals surface area contributed by atoms with Gasteiger partial charge < -0.3 is 15.5 Å². The smallest absolute Gasteiger partial charge is 0.352 e. The van der Waals surface area contributed by atoms with Crippen LogP contribution in [0.5, 0.6) is 0 Å². The third-order valence-corrected chi connectivity index (χ3v) is 2.14. The van der Waals surface area contributed by atoms with Gasteiger partial charge in [0.25, 0.3) is 0 Å². The number of hydrogen-bond donors (Lipinski definition) is 3. The van der Waals surface area contributed by atoms with E-state index in [0.717, 1.165) is 12.8 Å². The van der Waals surface area contributed by atoms with Crippen LogP contribution in [0.3, 0.4) is 0 Å². The van der Waals surface area contributed by atoms with Crippen LogP contribution in [0.4, 0.5) is 0 Å². The maximum absolute atomic E-state index is 11.3. The van der Waals surface area contributed by atoms with Gasteiger partial charge in [0.15, 0.2) is 0 Å². The zero-order valence-corrected chi connectivity index (χ0v) is 8.60. The van der Waals surface area contributed by atoms with Crippen LogP contribution in [0, 0.1) is 5.92 Å². The van der Waals surface area contributed by atoms with Crippen LogP contribution in [0.2, 0.25) is 0 Å². The molecule has 0 aromatic rings. The Morgan fingerprint density at radius 2 is 1.88 bits per heavy atom. The van der Waals surface area contributed by atoms with Gasteiger partial charge in [-0.25, -0.2) is 4.79 Å². The van der Waals surface area contributed by atoms with Gasteiger partial charge in [0, 0.05) is 12.3 Å².